The van der Waals surface area contributed by atoms with Crippen LogP contribution in [0.15, 0.2) is 6.20 Å². The lowest BCUT2D eigenvalue weighted by molar-refractivity contribution is -0.384. The molecular formula is C10H16N4O4. The second-order valence-corrected chi connectivity index (χ2v) is 4.13. The minimum Gasteiger partial charge on any atom is -0.481 e. The van der Waals surface area contributed by atoms with Crippen molar-refractivity contribution in [1.82, 2.24) is 9.78 Å². The number of hydrogen-bond acceptors (Lipinski definition) is 5. The Morgan fingerprint density at radius 3 is 2.94 bits per heavy atom. The molecule has 0 fully saturated rings. The van der Waals surface area contributed by atoms with E-state index in [1.54, 1.807) is 7.05 Å². The molecule has 1 rings (SSSR count). The Bertz CT molecular complexity index is 443. The van der Waals surface area contributed by atoms with Gasteiger partial charge < -0.3 is 10.4 Å². The molecule has 0 aromatic carbocycles. The number of carboxylic acid groups (broad SMARTS) is 1. The van der Waals surface area contributed by atoms with Crippen LogP contribution in [0.4, 0.5) is 11.5 Å². The molecule has 0 aliphatic heterocycles. The number of hydrogen-bond donors (Lipinski definition) is 2. The van der Waals surface area contributed by atoms with Crippen molar-refractivity contribution in [2.24, 2.45) is 7.05 Å². The number of nitrogens with one attached hydrogen (secondary N) is 1. The Labute approximate surface area is 104 Å². The zero-order valence-corrected chi connectivity index (χ0v) is 10.3. The topological polar surface area (TPSA) is 110 Å². The van der Waals surface area contributed by atoms with Gasteiger partial charge >= 0.3 is 11.7 Å². The van der Waals surface area contributed by atoms with Crippen molar-refractivity contribution in [3.63, 3.8) is 0 Å². The summed E-state index contributed by atoms with van der Waals surface area (Å²) in [7, 11) is 1.60. The number of aliphatic carboxylic acids is 1. The second kappa shape index (κ2) is 5.99. The molecular weight excluding hydrogens is 240 g/mol. The minimum absolute atomic E-state index is 0.0713. The molecule has 1 unspecified atom stereocenters. The van der Waals surface area contributed by atoms with Gasteiger partial charge in [0.25, 0.3) is 0 Å². The Morgan fingerprint density at radius 2 is 2.39 bits per heavy atom. The third kappa shape index (κ3) is 4.04. The molecule has 1 atom stereocenters. The normalized spacial score (nSPS) is 12.1. The van der Waals surface area contributed by atoms with Crippen LogP contribution in [0.25, 0.3) is 0 Å². The number of nitrogens with zero attached hydrogens (tertiary/aromatic N) is 3. The summed E-state index contributed by atoms with van der Waals surface area (Å²) >= 11 is 0. The molecule has 0 aliphatic rings. The van der Waals surface area contributed by atoms with Crippen LogP contribution in [0.3, 0.4) is 0 Å². The van der Waals surface area contributed by atoms with Crippen LogP contribution < -0.4 is 5.32 Å². The standard InChI is InChI=1S/C10H16N4O4/c1-7(4-3-5-9(15)16)11-10-8(14(17)18)6-13(2)12-10/h6-7H,3-5H2,1-2H3,(H,11,12)(H,15,16). The average molecular weight is 256 g/mol. The van der Waals surface area contributed by atoms with Gasteiger partial charge in [0.05, 0.1) is 4.92 Å². The maximum Gasteiger partial charge on any atom is 0.330 e. The fourth-order valence-electron chi connectivity index (χ4n) is 1.58. The average Bonchev–Trinajstić information content (AvgIpc) is 2.58. The van der Waals surface area contributed by atoms with E-state index in [4.69, 9.17) is 5.11 Å². The van der Waals surface area contributed by atoms with Gasteiger partial charge in [0, 0.05) is 19.5 Å². The molecule has 0 spiro atoms. The molecule has 0 aliphatic carbocycles. The molecule has 0 bridgehead atoms. The summed E-state index contributed by atoms with van der Waals surface area (Å²) in [6, 6.07) is -0.0713. The predicted molar refractivity (Wildman–Crippen MR) is 64.4 cm³/mol. The maximum atomic E-state index is 10.8. The van der Waals surface area contributed by atoms with Crippen LogP contribution >= 0.6 is 0 Å². The number of nitro groups is 1. The summed E-state index contributed by atoms with van der Waals surface area (Å²) in [6.07, 6.45) is 2.55. The van der Waals surface area contributed by atoms with E-state index in [1.165, 1.54) is 10.9 Å². The van der Waals surface area contributed by atoms with Crippen LogP contribution in [0.5, 0.6) is 0 Å². The van der Waals surface area contributed by atoms with Crippen molar-refractivity contribution >= 4 is 17.5 Å². The fourth-order valence-corrected chi connectivity index (χ4v) is 1.58. The van der Waals surface area contributed by atoms with Crippen molar-refractivity contribution in [1.29, 1.82) is 0 Å². The quantitative estimate of drug-likeness (QED) is 0.563. The molecule has 1 aromatic heterocycles. The van der Waals surface area contributed by atoms with Crippen LogP contribution in [0.1, 0.15) is 26.2 Å². The van der Waals surface area contributed by atoms with Gasteiger partial charge in [0.2, 0.25) is 5.82 Å². The van der Waals surface area contributed by atoms with E-state index in [0.29, 0.717) is 12.8 Å². The lowest BCUT2D eigenvalue weighted by Crippen LogP contribution is -2.16. The fraction of sp³-hybridized carbons (Fsp3) is 0.600. The molecule has 0 saturated carbocycles. The zero-order chi connectivity index (χ0) is 13.7. The summed E-state index contributed by atoms with van der Waals surface area (Å²) < 4.78 is 1.37. The summed E-state index contributed by atoms with van der Waals surface area (Å²) in [5.74, 6) is -0.628. The highest BCUT2D eigenvalue weighted by Gasteiger charge is 2.19. The lowest BCUT2D eigenvalue weighted by atomic mass is 10.1. The zero-order valence-electron chi connectivity index (χ0n) is 10.3. The van der Waals surface area contributed by atoms with Crippen molar-refractivity contribution < 1.29 is 14.8 Å². The summed E-state index contributed by atoms with van der Waals surface area (Å²) in [4.78, 5) is 20.6. The van der Waals surface area contributed by atoms with Gasteiger partial charge in [-0.25, -0.2) is 0 Å². The van der Waals surface area contributed by atoms with Crippen LogP contribution in [-0.4, -0.2) is 31.8 Å². The molecule has 0 amide bonds. The number of anilines is 1. The number of rotatable bonds is 7. The Kier molecular flexibility index (Phi) is 4.64. The SMILES string of the molecule is CC(CCCC(=O)O)Nc1nn(C)cc1[N+](=O)[O-]. The molecule has 1 heterocycles. The number of carbonyl (C=O) groups is 1. The van der Waals surface area contributed by atoms with Crippen molar-refractivity contribution in [3.8, 4) is 0 Å². The molecule has 0 saturated heterocycles. The molecule has 18 heavy (non-hydrogen) atoms. The van der Waals surface area contributed by atoms with E-state index in [-0.39, 0.29) is 24.0 Å². The first-order valence-corrected chi connectivity index (χ1v) is 5.56. The first-order valence-electron chi connectivity index (χ1n) is 5.56. The first kappa shape index (κ1) is 13.9. The van der Waals surface area contributed by atoms with Crippen LogP contribution in [-0.2, 0) is 11.8 Å². The molecule has 1 aromatic rings. The van der Waals surface area contributed by atoms with Crippen molar-refractivity contribution in [2.75, 3.05) is 5.32 Å². The lowest BCUT2D eigenvalue weighted by Gasteiger charge is -2.11. The van der Waals surface area contributed by atoms with Gasteiger partial charge in [-0.15, -0.1) is 5.10 Å². The monoisotopic (exact) mass is 256 g/mol. The van der Waals surface area contributed by atoms with Crippen molar-refractivity contribution in [2.45, 2.75) is 32.2 Å². The molecule has 100 valence electrons. The number of aromatic nitrogens is 2. The van der Waals surface area contributed by atoms with Crippen molar-refractivity contribution in [3.05, 3.63) is 16.3 Å². The smallest absolute Gasteiger partial charge is 0.330 e. The molecule has 8 heteroatoms. The second-order valence-electron chi connectivity index (χ2n) is 4.13. The van der Waals surface area contributed by atoms with Gasteiger partial charge in [-0.1, -0.05) is 0 Å². The maximum absolute atomic E-state index is 10.8. The largest absolute Gasteiger partial charge is 0.481 e. The first-order chi connectivity index (χ1) is 8.40. The highest BCUT2D eigenvalue weighted by molar-refractivity contribution is 5.66. The third-order valence-electron chi connectivity index (χ3n) is 2.42. The van der Waals surface area contributed by atoms with E-state index >= 15 is 0 Å². The van der Waals surface area contributed by atoms with E-state index in [2.05, 4.69) is 10.4 Å². The summed E-state index contributed by atoms with van der Waals surface area (Å²) in [5, 5.41) is 26.1. The van der Waals surface area contributed by atoms with E-state index in [1.807, 2.05) is 6.92 Å². The summed E-state index contributed by atoms with van der Waals surface area (Å²) in [6.45, 7) is 1.83. The van der Waals surface area contributed by atoms with Crippen LogP contribution in [0.2, 0.25) is 0 Å². The minimum atomic E-state index is -0.842. The van der Waals surface area contributed by atoms with E-state index < -0.39 is 10.9 Å². The summed E-state index contributed by atoms with van der Waals surface area (Å²) in [5.41, 5.74) is -0.0809. The van der Waals surface area contributed by atoms with Gasteiger partial charge in [-0.2, -0.15) is 0 Å². The van der Waals surface area contributed by atoms with E-state index in [0.717, 1.165) is 0 Å². The van der Waals surface area contributed by atoms with Crippen LogP contribution in [0, 0.1) is 10.1 Å². The highest BCUT2D eigenvalue weighted by Crippen LogP contribution is 2.22. The third-order valence-corrected chi connectivity index (χ3v) is 2.42. The predicted octanol–water partition coefficient (Wildman–Crippen LogP) is 1.38. The van der Waals surface area contributed by atoms with Gasteiger partial charge in [-0.3, -0.25) is 19.6 Å². The Morgan fingerprint density at radius 1 is 1.72 bits per heavy atom. The van der Waals surface area contributed by atoms with E-state index in [9.17, 15) is 14.9 Å². The molecule has 8 nitrogen and oxygen atoms in total. The highest BCUT2D eigenvalue weighted by atomic mass is 16.6. The Balaban J connectivity index is 2.56. The molecule has 2 N–H and O–H groups in total. The van der Waals surface area contributed by atoms with Gasteiger partial charge in [0.15, 0.2) is 0 Å². The Hall–Kier alpha value is -2.12. The van der Waals surface area contributed by atoms with Gasteiger partial charge in [0.1, 0.15) is 6.20 Å². The number of aryl methyl sites for hydroxylation is 1. The molecule has 0 radical (unpaired) electrons. The van der Waals surface area contributed by atoms with Gasteiger partial charge in [-0.05, 0) is 19.8 Å². The number of carboxylic acids is 1.